The molecule has 1 aliphatic heterocycles. The number of primary amides is 1. The number of thiophene rings is 1. The maximum atomic E-state index is 12.8. The summed E-state index contributed by atoms with van der Waals surface area (Å²) in [7, 11) is 0. The van der Waals surface area contributed by atoms with Gasteiger partial charge in [-0.15, -0.1) is 11.3 Å². The van der Waals surface area contributed by atoms with E-state index in [9.17, 15) is 22.8 Å². The molecule has 2 amide bonds. The molecule has 0 radical (unpaired) electrons. The lowest BCUT2D eigenvalue weighted by Gasteiger charge is -2.30. The van der Waals surface area contributed by atoms with E-state index in [1.807, 2.05) is 0 Å². The molecule has 140 valence electrons. The Labute approximate surface area is 150 Å². The molecule has 0 spiro atoms. The van der Waals surface area contributed by atoms with Gasteiger partial charge in [-0.25, -0.2) is 0 Å². The molecule has 0 bridgehead atoms. The zero-order valence-electron chi connectivity index (χ0n) is 13.8. The van der Waals surface area contributed by atoms with Crippen LogP contribution < -0.4 is 5.73 Å². The molecule has 1 unspecified atom stereocenters. The average molecular weight is 387 g/mol. The van der Waals surface area contributed by atoms with Crippen molar-refractivity contribution in [1.29, 1.82) is 0 Å². The number of hydrogen-bond donors (Lipinski definition) is 1. The highest BCUT2D eigenvalue weighted by Crippen LogP contribution is 2.38. The fourth-order valence-corrected chi connectivity index (χ4v) is 3.97. The molecule has 3 heterocycles. The number of nitrogens with two attached hydrogens (primary N) is 1. The van der Waals surface area contributed by atoms with Gasteiger partial charge >= 0.3 is 6.18 Å². The van der Waals surface area contributed by atoms with E-state index in [1.165, 1.54) is 13.0 Å². The second kappa shape index (κ2) is 6.75. The van der Waals surface area contributed by atoms with Crippen molar-refractivity contribution in [3.05, 3.63) is 28.3 Å². The molecule has 0 aromatic carbocycles. The maximum Gasteiger partial charge on any atom is 0.452 e. The maximum absolute atomic E-state index is 12.8. The molecule has 26 heavy (non-hydrogen) atoms. The van der Waals surface area contributed by atoms with Crippen molar-refractivity contribution in [1.82, 2.24) is 10.1 Å². The molecular weight excluding hydrogens is 371 g/mol. The predicted molar refractivity (Wildman–Crippen MR) is 87.4 cm³/mol. The number of amides is 2. The van der Waals surface area contributed by atoms with Gasteiger partial charge in [-0.1, -0.05) is 5.16 Å². The summed E-state index contributed by atoms with van der Waals surface area (Å²) < 4.78 is 42.9. The highest BCUT2D eigenvalue weighted by atomic mass is 32.1. The van der Waals surface area contributed by atoms with Crippen molar-refractivity contribution < 1.29 is 27.3 Å². The lowest BCUT2D eigenvalue weighted by atomic mass is 9.97. The molecular formula is C16H16F3N3O3S. The third kappa shape index (κ3) is 3.46. The molecule has 1 aliphatic rings. The summed E-state index contributed by atoms with van der Waals surface area (Å²) in [5, 5.41) is 3.50. The number of piperidine rings is 1. The first-order chi connectivity index (χ1) is 12.2. The average Bonchev–Trinajstić information content (AvgIpc) is 3.20. The van der Waals surface area contributed by atoms with Crippen molar-refractivity contribution in [3.8, 4) is 10.6 Å². The fraction of sp³-hybridized carbons (Fsp3) is 0.438. The van der Waals surface area contributed by atoms with E-state index in [0.717, 1.165) is 11.3 Å². The zero-order valence-corrected chi connectivity index (χ0v) is 14.6. The van der Waals surface area contributed by atoms with Crippen LogP contribution in [0.1, 0.15) is 33.8 Å². The Morgan fingerprint density at radius 2 is 2.12 bits per heavy atom. The monoisotopic (exact) mass is 387 g/mol. The zero-order chi connectivity index (χ0) is 19.1. The van der Waals surface area contributed by atoms with E-state index in [4.69, 9.17) is 5.73 Å². The Bertz CT molecular complexity index is 843. The lowest BCUT2D eigenvalue weighted by Crippen LogP contribution is -2.43. The number of rotatable bonds is 3. The van der Waals surface area contributed by atoms with Gasteiger partial charge in [-0.05, 0) is 31.9 Å². The number of halogens is 3. The molecule has 2 aromatic heterocycles. The first kappa shape index (κ1) is 18.4. The third-order valence-corrected chi connectivity index (χ3v) is 5.42. The van der Waals surface area contributed by atoms with Gasteiger partial charge in [0.05, 0.1) is 15.7 Å². The fourth-order valence-electron chi connectivity index (χ4n) is 2.96. The summed E-state index contributed by atoms with van der Waals surface area (Å²) in [6.07, 6.45) is -3.30. The minimum Gasteiger partial charge on any atom is -0.369 e. The summed E-state index contributed by atoms with van der Waals surface area (Å²) in [6, 6.07) is 3.08. The molecule has 10 heteroatoms. The first-order valence-electron chi connectivity index (χ1n) is 7.90. The second-order valence-electron chi connectivity index (χ2n) is 6.14. The van der Waals surface area contributed by atoms with Crippen LogP contribution in [0.15, 0.2) is 16.7 Å². The van der Waals surface area contributed by atoms with E-state index in [0.29, 0.717) is 29.1 Å². The van der Waals surface area contributed by atoms with E-state index in [2.05, 4.69) is 9.68 Å². The third-order valence-electron chi connectivity index (χ3n) is 4.34. The second-order valence-corrected chi connectivity index (χ2v) is 7.22. The van der Waals surface area contributed by atoms with E-state index < -0.39 is 17.8 Å². The van der Waals surface area contributed by atoms with Crippen LogP contribution in [0.2, 0.25) is 0 Å². The van der Waals surface area contributed by atoms with Gasteiger partial charge in [-0.3, -0.25) is 9.59 Å². The molecule has 6 nitrogen and oxygen atoms in total. The van der Waals surface area contributed by atoms with Gasteiger partial charge in [0.1, 0.15) is 5.69 Å². The standard InChI is InChI=1S/C16H16F3N3O3S/c1-8-12(21-25-13(8)16(17,18)19)10-4-5-11(26-10)15(24)22-6-2-3-9(7-22)14(20)23/h4-5,9H,2-3,6-7H2,1H3,(H2,20,23). The number of nitrogens with zero attached hydrogens (tertiary/aromatic N) is 2. The van der Waals surface area contributed by atoms with Gasteiger partial charge in [0.2, 0.25) is 11.7 Å². The SMILES string of the molecule is Cc1c(-c2ccc(C(=O)N3CCCC(C(N)=O)C3)s2)noc1C(F)(F)F. The number of hydrogen-bond acceptors (Lipinski definition) is 5. The van der Waals surface area contributed by atoms with Crippen molar-refractivity contribution in [2.75, 3.05) is 13.1 Å². The highest BCUT2D eigenvalue weighted by molar-refractivity contribution is 7.17. The van der Waals surface area contributed by atoms with Crippen LogP contribution in [0.5, 0.6) is 0 Å². The van der Waals surface area contributed by atoms with Crippen LogP contribution in [0.4, 0.5) is 13.2 Å². The first-order valence-corrected chi connectivity index (χ1v) is 8.72. The molecule has 1 atom stereocenters. The van der Waals surface area contributed by atoms with Crippen molar-refractivity contribution >= 4 is 23.2 Å². The summed E-state index contributed by atoms with van der Waals surface area (Å²) in [5.74, 6) is -2.23. The van der Waals surface area contributed by atoms with Crippen LogP contribution in [0.25, 0.3) is 10.6 Å². The summed E-state index contributed by atoms with van der Waals surface area (Å²) in [6.45, 7) is 2.04. The Hall–Kier alpha value is -2.36. The molecule has 0 saturated carbocycles. The Kier molecular flexibility index (Phi) is 4.78. The normalized spacial score (nSPS) is 18.2. The number of likely N-dealkylation sites (tertiary alicyclic amines) is 1. The topological polar surface area (TPSA) is 89.4 Å². The quantitative estimate of drug-likeness (QED) is 0.877. The Morgan fingerprint density at radius 3 is 2.73 bits per heavy atom. The van der Waals surface area contributed by atoms with Crippen LogP contribution in [-0.4, -0.2) is 35.0 Å². The Balaban J connectivity index is 1.81. The van der Waals surface area contributed by atoms with E-state index in [1.54, 1.807) is 11.0 Å². The molecule has 1 fully saturated rings. The van der Waals surface area contributed by atoms with Gasteiger partial charge < -0.3 is 15.2 Å². The van der Waals surface area contributed by atoms with Crippen LogP contribution in [-0.2, 0) is 11.0 Å². The van der Waals surface area contributed by atoms with Crippen LogP contribution in [0, 0.1) is 12.8 Å². The summed E-state index contributed by atoms with van der Waals surface area (Å²) in [4.78, 5) is 26.3. The van der Waals surface area contributed by atoms with Gasteiger partial charge in [0.25, 0.3) is 5.91 Å². The molecule has 3 rings (SSSR count). The van der Waals surface area contributed by atoms with Crippen LogP contribution >= 0.6 is 11.3 Å². The largest absolute Gasteiger partial charge is 0.452 e. The number of carbonyl (C=O) groups excluding carboxylic acids is 2. The number of aromatic nitrogens is 1. The van der Waals surface area contributed by atoms with Gasteiger partial charge in [0, 0.05) is 18.7 Å². The minimum atomic E-state index is -4.62. The molecule has 2 aromatic rings. The van der Waals surface area contributed by atoms with E-state index >= 15 is 0 Å². The minimum absolute atomic E-state index is 0.0648. The van der Waals surface area contributed by atoms with Crippen LogP contribution in [0.3, 0.4) is 0 Å². The van der Waals surface area contributed by atoms with Crippen molar-refractivity contribution in [2.45, 2.75) is 25.9 Å². The van der Waals surface area contributed by atoms with Crippen molar-refractivity contribution in [2.24, 2.45) is 11.7 Å². The number of carbonyl (C=O) groups is 2. The smallest absolute Gasteiger partial charge is 0.369 e. The number of alkyl halides is 3. The predicted octanol–water partition coefficient (Wildman–Crippen LogP) is 3.07. The highest BCUT2D eigenvalue weighted by Gasteiger charge is 2.39. The van der Waals surface area contributed by atoms with E-state index in [-0.39, 0.29) is 29.6 Å². The molecule has 2 N–H and O–H groups in total. The molecule has 1 saturated heterocycles. The van der Waals surface area contributed by atoms with Crippen molar-refractivity contribution in [3.63, 3.8) is 0 Å². The van der Waals surface area contributed by atoms with Gasteiger partial charge in [-0.2, -0.15) is 13.2 Å². The molecule has 0 aliphatic carbocycles. The lowest BCUT2D eigenvalue weighted by molar-refractivity contribution is -0.156. The summed E-state index contributed by atoms with van der Waals surface area (Å²) in [5.41, 5.74) is 5.26. The Morgan fingerprint density at radius 1 is 1.38 bits per heavy atom. The summed E-state index contributed by atoms with van der Waals surface area (Å²) >= 11 is 1.04. The van der Waals surface area contributed by atoms with Gasteiger partial charge in [0.15, 0.2) is 0 Å².